The Morgan fingerprint density at radius 2 is 1.96 bits per heavy atom. The maximum Gasteiger partial charge on any atom is 0.396 e. The van der Waals surface area contributed by atoms with Crippen LogP contribution in [0.1, 0.15) is 21.6 Å². The summed E-state index contributed by atoms with van der Waals surface area (Å²) in [6.07, 6.45) is -3.25. The molecule has 0 bridgehead atoms. The van der Waals surface area contributed by atoms with Crippen LogP contribution in [0, 0.1) is 19.2 Å². The number of pyridine rings is 2. The fourth-order valence-electron chi connectivity index (χ4n) is 2.67. The van der Waals surface area contributed by atoms with Crippen molar-refractivity contribution >= 4 is 16.8 Å². The summed E-state index contributed by atoms with van der Waals surface area (Å²) in [6, 6.07) is 6.60. The molecule has 0 fully saturated rings. The predicted octanol–water partition coefficient (Wildman–Crippen LogP) is 3.96. The number of amides is 1. The molecule has 0 saturated heterocycles. The topological polar surface area (TPSA) is 68.9 Å². The molecule has 4 nitrogen and oxygen atoms in total. The number of nitrogens with zero attached hydrogens (tertiary/aromatic N) is 2. The van der Waals surface area contributed by atoms with Crippen molar-refractivity contribution in [1.82, 2.24) is 9.97 Å². The van der Waals surface area contributed by atoms with Gasteiger partial charge >= 0.3 is 6.18 Å². The lowest BCUT2D eigenvalue weighted by atomic mass is 9.98. The summed E-state index contributed by atoms with van der Waals surface area (Å²) in [4.78, 5) is 19.7. The number of fused-ring (bicyclic) bond motifs is 1. The molecule has 3 aromatic rings. The highest BCUT2D eigenvalue weighted by Crippen LogP contribution is 2.34. The van der Waals surface area contributed by atoms with E-state index in [-0.39, 0.29) is 40.0 Å². The highest BCUT2D eigenvalue weighted by molar-refractivity contribution is 5.98. The second kappa shape index (κ2) is 6.36. The number of alkyl halides is 3. The summed E-state index contributed by atoms with van der Waals surface area (Å²) in [7, 11) is 0. The molecule has 1 aromatic carbocycles. The van der Waals surface area contributed by atoms with Gasteiger partial charge in [-0.3, -0.25) is 9.78 Å². The molecule has 133 valence electrons. The number of carbonyl (C=O) groups excluding carboxylic acids is 1. The zero-order chi connectivity index (χ0) is 19.1. The Hall–Kier alpha value is -3.03. The van der Waals surface area contributed by atoms with Crippen molar-refractivity contribution in [2.45, 2.75) is 13.1 Å². The highest BCUT2D eigenvalue weighted by Gasteiger charge is 2.31. The molecule has 0 unspecified atom stereocenters. The number of hydrogen-bond donors (Lipinski definition) is 1. The molecule has 0 aliphatic heterocycles. The van der Waals surface area contributed by atoms with E-state index >= 15 is 0 Å². The van der Waals surface area contributed by atoms with Crippen LogP contribution in [0.4, 0.5) is 17.6 Å². The molecule has 0 saturated carbocycles. The number of carbonyl (C=O) groups is 1. The van der Waals surface area contributed by atoms with Crippen LogP contribution in [-0.4, -0.2) is 22.1 Å². The average Bonchev–Trinajstić information content (AvgIpc) is 2.56. The molecular formula is C18H12F4N3O. The largest absolute Gasteiger partial charge is 0.396 e. The molecule has 1 amide bonds. The third-order valence-corrected chi connectivity index (χ3v) is 3.82. The van der Waals surface area contributed by atoms with E-state index in [1.807, 2.05) is 0 Å². The van der Waals surface area contributed by atoms with E-state index in [0.29, 0.717) is 5.39 Å². The second-order valence-electron chi connectivity index (χ2n) is 5.62. The maximum absolute atomic E-state index is 13.8. The average molecular weight is 362 g/mol. The van der Waals surface area contributed by atoms with Gasteiger partial charge in [-0.25, -0.2) is 9.37 Å². The van der Waals surface area contributed by atoms with Gasteiger partial charge in [-0.1, -0.05) is 0 Å². The third-order valence-electron chi connectivity index (χ3n) is 3.82. The molecule has 0 aliphatic rings. The first-order valence-electron chi connectivity index (χ1n) is 7.45. The van der Waals surface area contributed by atoms with Crippen molar-refractivity contribution in [3.05, 3.63) is 65.6 Å². The Kier molecular flexibility index (Phi) is 4.35. The number of primary amides is 1. The molecule has 0 spiro atoms. The normalized spacial score (nSPS) is 11.7. The van der Waals surface area contributed by atoms with E-state index in [1.54, 1.807) is 0 Å². The minimum atomic E-state index is -4.62. The van der Waals surface area contributed by atoms with Crippen molar-refractivity contribution in [3.8, 4) is 11.3 Å². The van der Waals surface area contributed by atoms with E-state index in [2.05, 4.69) is 9.97 Å². The molecule has 0 aliphatic carbocycles. The van der Waals surface area contributed by atoms with Crippen molar-refractivity contribution in [3.63, 3.8) is 0 Å². The Morgan fingerprint density at radius 3 is 2.62 bits per heavy atom. The van der Waals surface area contributed by atoms with Crippen molar-refractivity contribution in [2.24, 2.45) is 5.73 Å². The van der Waals surface area contributed by atoms with Gasteiger partial charge in [-0.2, -0.15) is 13.2 Å². The van der Waals surface area contributed by atoms with Gasteiger partial charge in [0.15, 0.2) is 0 Å². The Bertz CT molecular complexity index is 1020. The standard InChI is InChI=1S/C18H12F4N3O/c1-9-13(19)5-4-10-7-11(8-18(20,21)22)15(25-14(9)10)12-3-2-6-24-16(12)17(23)26/h2-8H,1H3,(H2,23,26). The summed E-state index contributed by atoms with van der Waals surface area (Å²) < 4.78 is 52.8. The zero-order valence-electron chi connectivity index (χ0n) is 13.4. The third kappa shape index (κ3) is 3.35. The lowest BCUT2D eigenvalue weighted by Gasteiger charge is -2.15. The van der Waals surface area contributed by atoms with Crippen LogP contribution >= 0.6 is 0 Å². The van der Waals surface area contributed by atoms with Gasteiger partial charge in [0.05, 0.1) is 17.6 Å². The predicted molar refractivity (Wildman–Crippen MR) is 87.6 cm³/mol. The smallest absolute Gasteiger partial charge is 0.364 e. The summed E-state index contributed by atoms with van der Waals surface area (Å²) in [5, 5.41) is 0.340. The van der Waals surface area contributed by atoms with Gasteiger partial charge in [0, 0.05) is 22.7 Å². The first-order chi connectivity index (χ1) is 12.2. The molecule has 1 radical (unpaired) electrons. The summed E-state index contributed by atoms with van der Waals surface area (Å²) in [5.41, 5.74) is 5.06. The first-order valence-corrected chi connectivity index (χ1v) is 7.45. The molecule has 2 aromatic heterocycles. The Labute approximate surface area is 145 Å². The molecule has 2 N–H and O–H groups in total. The lowest BCUT2D eigenvalue weighted by molar-refractivity contribution is -0.0927. The molecule has 8 heteroatoms. The van der Waals surface area contributed by atoms with Crippen LogP contribution in [0.25, 0.3) is 22.2 Å². The number of hydrogen-bond acceptors (Lipinski definition) is 3. The van der Waals surface area contributed by atoms with E-state index in [4.69, 9.17) is 5.73 Å². The first kappa shape index (κ1) is 17.8. The molecule has 2 heterocycles. The van der Waals surface area contributed by atoms with Gasteiger partial charge < -0.3 is 5.73 Å². The number of benzene rings is 1. The van der Waals surface area contributed by atoms with Crippen LogP contribution in [0.3, 0.4) is 0 Å². The van der Waals surface area contributed by atoms with Crippen LogP contribution in [0.5, 0.6) is 0 Å². The van der Waals surface area contributed by atoms with Crippen molar-refractivity contribution < 1.29 is 22.4 Å². The van der Waals surface area contributed by atoms with Gasteiger partial charge in [0.25, 0.3) is 5.91 Å². The minimum absolute atomic E-state index is 0.0426. The fourth-order valence-corrected chi connectivity index (χ4v) is 2.67. The summed E-state index contributed by atoms with van der Waals surface area (Å²) in [6.45, 7) is 1.47. The lowest BCUT2D eigenvalue weighted by Crippen LogP contribution is -2.16. The van der Waals surface area contributed by atoms with E-state index in [0.717, 1.165) is 6.07 Å². The number of nitrogens with two attached hydrogens (primary N) is 1. The number of halogens is 4. The fraction of sp³-hybridized carbons (Fsp3) is 0.111. The van der Waals surface area contributed by atoms with Gasteiger partial charge in [-0.15, -0.1) is 0 Å². The Morgan fingerprint density at radius 1 is 1.23 bits per heavy atom. The monoisotopic (exact) mass is 362 g/mol. The van der Waals surface area contributed by atoms with Gasteiger partial charge in [0.1, 0.15) is 11.5 Å². The van der Waals surface area contributed by atoms with Crippen LogP contribution in [0.15, 0.2) is 36.5 Å². The summed E-state index contributed by atoms with van der Waals surface area (Å²) >= 11 is 0. The van der Waals surface area contributed by atoms with E-state index in [1.165, 1.54) is 37.4 Å². The molecular weight excluding hydrogens is 350 g/mol. The van der Waals surface area contributed by atoms with Gasteiger partial charge in [-0.05, 0) is 42.8 Å². The number of aromatic nitrogens is 2. The van der Waals surface area contributed by atoms with E-state index in [9.17, 15) is 22.4 Å². The molecule has 0 atom stereocenters. The number of rotatable bonds is 3. The second-order valence-corrected chi connectivity index (χ2v) is 5.62. The minimum Gasteiger partial charge on any atom is -0.364 e. The SMILES string of the molecule is Cc1c(F)ccc2cc([CH]C(F)(F)F)c(-c3cccnc3C(N)=O)nc12. The quantitative estimate of drug-likeness (QED) is 0.717. The maximum atomic E-state index is 13.8. The number of aryl methyl sites for hydroxylation is 1. The zero-order valence-corrected chi connectivity index (χ0v) is 13.4. The highest BCUT2D eigenvalue weighted by atomic mass is 19.4. The van der Waals surface area contributed by atoms with Gasteiger partial charge in [0.2, 0.25) is 0 Å². The molecule has 26 heavy (non-hydrogen) atoms. The van der Waals surface area contributed by atoms with Crippen LogP contribution in [-0.2, 0) is 0 Å². The summed E-state index contributed by atoms with van der Waals surface area (Å²) in [5.74, 6) is -1.44. The van der Waals surface area contributed by atoms with Crippen molar-refractivity contribution in [1.29, 1.82) is 0 Å². The van der Waals surface area contributed by atoms with Crippen LogP contribution in [0.2, 0.25) is 0 Å². The van der Waals surface area contributed by atoms with Crippen molar-refractivity contribution in [2.75, 3.05) is 0 Å². The molecule has 3 rings (SSSR count). The Balaban J connectivity index is 2.36. The van der Waals surface area contributed by atoms with Crippen LogP contribution < -0.4 is 5.73 Å². The van der Waals surface area contributed by atoms with E-state index < -0.39 is 17.9 Å².